The van der Waals surface area contributed by atoms with E-state index in [4.69, 9.17) is 4.99 Å². The van der Waals surface area contributed by atoms with Crippen LogP contribution in [0, 0.1) is 5.92 Å². The molecule has 3 fully saturated rings. The summed E-state index contributed by atoms with van der Waals surface area (Å²) in [6.07, 6.45) is 9.75. The molecule has 1 saturated carbocycles. The molecule has 2 saturated heterocycles. The molecule has 4 nitrogen and oxygen atoms in total. The molecular formula is C21H30FN3O. The van der Waals surface area contributed by atoms with E-state index in [1.54, 1.807) is 0 Å². The first-order valence-electron chi connectivity index (χ1n) is 10.1. The number of hydrogen-bond donors (Lipinski definition) is 1. The summed E-state index contributed by atoms with van der Waals surface area (Å²) in [6, 6.07) is 0.883. The Labute approximate surface area is 155 Å². The third kappa shape index (κ3) is 3.64. The van der Waals surface area contributed by atoms with Gasteiger partial charge in [0.2, 0.25) is 0 Å². The Hall–Kier alpha value is -1.49. The van der Waals surface area contributed by atoms with Crippen LogP contribution in [-0.2, 0) is 0 Å². The Kier molecular flexibility index (Phi) is 5.00. The van der Waals surface area contributed by atoms with Gasteiger partial charge < -0.3 is 10.0 Å². The fourth-order valence-electron chi connectivity index (χ4n) is 5.28. The summed E-state index contributed by atoms with van der Waals surface area (Å²) >= 11 is 0. The second-order valence-electron chi connectivity index (χ2n) is 8.43. The molecule has 142 valence electrons. The SMILES string of the molecule is CC(=C/C1=CC(C2CCC(F)C2)=NC1)/N=C(\C)N1C2CCC1CC(O)C2. The molecule has 0 spiro atoms. The molecular weight excluding hydrogens is 329 g/mol. The minimum Gasteiger partial charge on any atom is -0.393 e. The number of hydrogen-bond acceptors (Lipinski definition) is 3. The van der Waals surface area contributed by atoms with Gasteiger partial charge in [0.05, 0.1) is 12.6 Å². The zero-order chi connectivity index (χ0) is 18.3. The van der Waals surface area contributed by atoms with E-state index in [1.165, 1.54) is 5.57 Å². The van der Waals surface area contributed by atoms with Gasteiger partial charge in [-0.2, -0.15) is 0 Å². The highest BCUT2D eigenvalue weighted by Crippen LogP contribution is 2.36. The number of piperidine rings is 1. The molecule has 0 radical (unpaired) electrons. The zero-order valence-electron chi connectivity index (χ0n) is 15.9. The van der Waals surface area contributed by atoms with Crippen LogP contribution < -0.4 is 0 Å². The van der Waals surface area contributed by atoms with Crippen LogP contribution in [0.5, 0.6) is 0 Å². The number of allylic oxidation sites excluding steroid dienone is 2. The Morgan fingerprint density at radius 3 is 2.58 bits per heavy atom. The molecule has 0 aromatic rings. The van der Waals surface area contributed by atoms with Crippen molar-refractivity contribution < 1.29 is 9.50 Å². The van der Waals surface area contributed by atoms with Crippen molar-refractivity contribution in [2.75, 3.05) is 6.54 Å². The molecule has 4 rings (SSSR count). The molecule has 1 aliphatic carbocycles. The third-order valence-electron chi connectivity index (χ3n) is 6.38. The summed E-state index contributed by atoms with van der Waals surface area (Å²) < 4.78 is 13.4. The standard InChI is InChI=1S/C21H30FN3O/c1-13(7-15-8-21(23-12-15)16-3-4-17(22)9-16)24-14(2)25-18-5-6-19(25)11-20(26)10-18/h7-8,16-20,26H,3-6,9-12H2,1-2H3/b13-7-,24-14+. The van der Waals surface area contributed by atoms with Crippen molar-refractivity contribution in [3.63, 3.8) is 0 Å². The van der Waals surface area contributed by atoms with Crippen LogP contribution >= 0.6 is 0 Å². The average Bonchev–Trinajstić information content (AvgIpc) is 3.26. The highest BCUT2D eigenvalue weighted by Gasteiger charge is 2.40. The largest absolute Gasteiger partial charge is 0.393 e. The molecule has 2 bridgehead atoms. The van der Waals surface area contributed by atoms with E-state index < -0.39 is 6.17 Å². The quantitative estimate of drug-likeness (QED) is 0.615. The predicted octanol–water partition coefficient (Wildman–Crippen LogP) is 3.82. The topological polar surface area (TPSA) is 48.2 Å². The number of aliphatic imine (C=N–C) groups is 2. The average molecular weight is 359 g/mol. The first-order chi connectivity index (χ1) is 12.5. The molecule has 4 atom stereocenters. The molecule has 0 amide bonds. The van der Waals surface area contributed by atoms with E-state index in [-0.39, 0.29) is 6.10 Å². The van der Waals surface area contributed by atoms with Gasteiger partial charge in [-0.05, 0) is 76.5 Å². The summed E-state index contributed by atoms with van der Waals surface area (Å²) in [4.78, 5) is 11.9. The smallest absolute Gasteiger partial charge is 0.102 e. The Bertz CT molecular complexity index is 667. The van der Waals surface area contributed by atoms with E-state index >= 15 is 0 Å². The maximum Gasteiger partial charge on any atom is 0.102 e. The van der Waals surface area contributed by atoms with Gasteiger partial charge in [0, 0.05) is 29.4 Å². The van der Waals surface area contributed by atoms with Gasteiger partial charge in [-0.15, -0.1) is 0 Å². The molecule has 26 heavy (non-hydrogen) atoms. The summed E-state index contributed by atoms with van der Waals surface area (Å²) in [7, 11) is 0. The minimum atomic E-state index is -0.650. The van der Waals surface area contributed by atoms with Gasteiger partial charge in [0.1, 0.15) is 12.0 Å². The second-order valence-corrected chi connectivity index (χ2v) is 8.43. The fraction of sp³-hybridized carbons (Fsp3) is 0.714. The van der Waals surface area contributed by atoms with E-state index in [0.29, 0.717) is 37.4 Å². The minimum absolute atomic E-state index is 0.146. The Morgan fingerprint density at radius 1 is 1.19 bits per heavy atom. The molecule has 3 heterocycles. The van der Waals surface area contributed by atoms with Crippen LogP contribution in [0.2, 0.25) is 0 Å². The van der Waals surface area contributed by atoms with E-state index in [0.717, 1.165) is 49.3 Å². The Morgan fingerprint density at radius 2 is 1.92 bits per heavy atom. The number of fused-ring (bicyclic) bond motifs is 2. The number of aliphatic hydroxyl groups excluding tert-OH is 1. The van der Waals surface area contributed by atoms with Crippen LogP contribution in [0.15, 0.2) is 33.4 Å². The number of alkyl halides is 1. The summed E-state index contributed by atoms with van der Waals surface area (Å²) in [5, 5.41) is 9.97. The van der Waals surface area contributed by atoms with Crippen molar-refractivity contribution in [2.45, 2.75) is 83.2 Å². The lowest BCUT2D eigenvalue weighted by atomic mass is 10.00. The van der Waals surface area contributed by atoms with Gasteiger partial charge in [-0.3, -0.25) is 4.99 Å². The van der Waals surface area contributed by atoms with Crippen LogP contribution in [0.4, 0.5) is 4.39 Å². The van der Waals surface area contributed by atoms with Crippen molar-refractivity contribution >= 4 is 11.5 Å². The van der Waals surface area contributed by atoms with Crippen molar-refractivity contribution in [2.24, 2.45) is 15.9 Å². The summed E-state index contributed by atoms with van der Waals surface area (Å²) in [6.45, 7) is 4.82. The number of aliphatic hydroxyl groups is 1. The van der Waals surface area contributed by atoms with Crippen molar-refractivity contribution in [1.29, 1.82) is 0 Å². The van der Waals surface area contributed by atoms with Crippen LogP contribution in [0.1, 0.15) is 58.8 Å². The van der Waals surface area contributed by atoms with Crippen LogP contribution in [-0.4, -0.2) is 52.5 Å². The molecule has 0 aromatic carbocycles. The molecule has 3 aliphatic heterocycles. The lowest BCUT2D eigenvalue weighted by molar-refractivity contribution is 0.0708. The first-order valence-corrected chi connectivity index (χ1v) is 10.1. The predicted molar refractivity (Wildman–Crippen MR) is 103 cm³/mol. The third-order valence-corrected chi connectivity index (χ3v) is 6.38. The van der Waals surface area contributed by atoms with Crippen LogP contribution in [0.25, 0.3) is 0 Å². The second kappa shape index (κ2) is 7.26. The molecule has 4 unspecified atom stereocenters. The highest BCUT2D eigenvalue weighted by molar-refractivity contribution is 6.00. The van der Waals surface area contributed by atoms with Crippen molar-refractivity contribution in [3.8, 4) is 0 Å². The van der Waals surface area contributed by atoms with E-state index in [2.05, 4.69) is 29.0 Å². The van der Waals surface area contributed by atoms with Gasteiger partial charge >= 0.3 is 0 Å². The van der Waals surface area contributed by atoms with Gasteiger partial charge in [-0.25, -0.2) is 9.38 Å². The molecule has 4 aliphatic rings. The highest BCUT2D eigenvalue weighted by atomic mass is 19.1. The molecule has 5 heteroatoms. The summed E-state index contributed by atoms with van der Waals surface area (Å²) in [5.74, 6) is 1.37. The number of nitrogens with zero attached hydrogens (tertiary/aromatic N) is 3. The molecule has 1 N–H and O–H groups in total. The maximum absolute atomic E-state index is 13.4. The van der Waals surface area contributed by atoms with Gasteiger partial charge in [-0.1, -0.05) is 0 Å². The Balaban J connectivity index is 1.41. The summed E-state index contributed by atoms with van der Waals surface area (Å²) in [5.41, 5.74) is 3.24. The number of rotatable bonds is 3. The zero-order valence-corrected chi connectivity index (χ0v) is 15.9. The van der Waals surface area contributed by atoms with E-state index in [9.17, 15) is 9.50 Å². The molecule has 0 aromatic heterocycles. The van der Waals surface area contributed by atoms with Crippen molar-refractivity contribution in [3.05, 3.63) is 23.4 Å². The number of amidine groups is 1. The lowest BCUT2D eigenvalue weighted by Crippen LogP contribution is -2.47. The number of halogens is 1. The van der Waals surface area contributed by atoms with Crippen LogP contribution in [0.3, 0.4) is 0 Å². The fourth-order valence-corrected chi connectivity index (χ4v) is 5.28. The lowest BCUT2D eigenvalue weighted by Gasteiger charge is -2.38. The maximum atomic E-state index is 13.4. The first kappa shape index (κ1) is 17.9. The normalized spacial score (nSPS) is 38.0. The van der Waals surface area contributed by atoms with E-state index in [1.807, 2.05) is 6.92 Å². The van der Waals surface area contributed by atoms with Gasteiger partial charge in [0.25, 0.3) is 0 Å². The van der Waals surface area contributed by atoms with Gasteiger partial charge in [0.15, 0.2) is 0 Å². The van der Waals surface area contributed by atoms with Crippen molar-refractivity contribution in [1.82, 2.24) is 4.90 Å². The monoisotopic (exact) mass is 359 g/mol.